The van der Waals surface area contributed by atoms with Crippen molar-refractivity contribution in [1.29, 1.82) is 0 Å². The lowest BCUT2D eigenvalue weighted by atomic mass is 10.2. The van der Waals surface area contributed by atoms with E-state index in [0.29, 0.717) is 17.1 Å². The van der Waals surface area contributed by atoms with Gasteiger partial charge in [0.1, 0.15) is 5.75 Å². The monoisotopic (exact) mass is 259 g/mol. The third-order valence-corrected chi connectivity index (χ3v) is 3.44. The molecule has 0 unspecified atom stereocenters. The van der Waals surface area contributed by atoms with Crippen LogP contribution in [0.15, 0.2) is 41.6 Å². The Morgan fingerprint density at radius 3 is 2.83 bits per heavy atom. The average Bonchev–Trinajstić information content (AvgIpc) is 2.39. The van der Waals surface area contributed by atoms with Gasteiger partial charge in [-0.25, -0.2) is 0 Å². The predicted octanol–water partition coefficient (Wildman–Crippen LogP) is 3.72. The standard InChI is InChI=1S/C14H13NO2S/c1-10-7-12(3-4-14(10)18-2)17-13-8-15-6-5-11(13)9-16/h3-9H,1-2H3. The molecule has 4 heteroatoms. The van der Waals surface area contributed by atoms with Crippen LogP contribution in [-0.2, 0) is 0 Å². The largest absolute Gasteiger partial charge is 0.455 e. The number of nitrogens with zero attached hydrogens (tertiary/aromatic N) is 1. The van der Waals surface area contributed by atoms with E-state index in [-0.39, 0.29) is 0 Å². The highest BCUT2D eigenvalue weighted by Crippen LogP contribution is 2.28. The third-order valence-electron chi connectivity index (χ3n) is 2.54. The highest BCUT2D eigenvalue weighted by atomic mass is 32.2. The Hall–Kier alpha value is -1.81. The van der Waals surface area contributed by atoms with Crippen molar-refractivity contribution < 1.29 is 9.53 Å². The molecule has 18 heavy (non-hydrogen) atoms. The minimum absolute atomic E-state index is 0.476. The fraction of sp³-hybridized carbons (Fsp3) is 0.143. The lowest BCUT2D eigenvalue weighted by Crippen LogP contribution is -1.92. The van der Waals surface area contributed by atoms with Crippen LogP contribution in [0.3, 0.4) is 0 Å². The first-order valence-corrected chi connectivity index (χ1v) is 6.68. The molecular weight excluding hydrogens is 246 g/mol. The van der Waals surface area contributed by atoms with Gasteiger partial charge in [0, 0.05) is 11.1 Å². The number of benzene rings is 1. The Labute approximate surface area is 110 Å². The highest BCUT2D eigenvalue weighted by molar-refractivity contribution is 7.98. The molecule has 1 heterocycles. The molecule has 0 N–H and O–H groups in total. The maximum absolute atomic E-state index is 10.9. The van der Waals surface area contributed by atoms with Crippen LogP contribution in [0.25, 0.3) is 0 Å². The molecule has 3 nitrogen and oxygen atoms in total. The smallest absolute Gasteiger partial charge is 0.156 e. The Bertz CT molecular complexity index is 569. The van der Waals surface area contributed by atoms with Crippen LogP contribution in [0.2, 0.25) is 0 Å². The second-order valence-electron chi connectivity index (χ2n) is 3.76. The summed E-state index contributed by atoms with van der Waals surface area (Å²) >= 11 is 1.69. The number of pyridine rings is 1. The van der Waals surface area contributed by atoms with Crippen LogP contribution in [0.1, 0.15) is 15.9 Å². The lowest BCUT2D eigenvalue weighted by molar-refractivity contribution is 0.112. The molecule has 0 atom stereocenters. The van der Waals surface area contributed by atoms with Gasteiger partial charge >= 0.3 is 0 Å². The quantitative estimate of drug-likeness (QED) is 0.619. The number of aldehydes is 1. The van der Waals surface area contributed by atoms with Crippen LogP contribution in [0, 0.1) is 6.92 Å². The van der Waals surface area contributed by atoms with E-state index in [4.69, 9.17) is 4.74 Å². The number of hydrogen-bond donors (Lipinski definition) is 0. The zero-order valence-electron chi connectivity index (χ0n) is 10.2. The summed E-state index contributed by atoms with van der Waals surface area (Å²) in [6, 6.07) is 7.48. The van der Waals surface area contributed by atoms with E-state index in [0.717, 1.165) is 11.8 Å². The first kappa shape index (κ1) is 12.6. The van der Waals surface area contributed by atoms with Crippen molar-refractivity contribution in [3.8, 4) is 11.5 Å². The molecule has 0 bridgehead atoms. The number of hydrogen-bond acceptors (Lipinski definition) is 4. The summed E-state index contributed by atoms with van der Waals surface area (Å²) < 4.78 is 5.68. The molecule has 2 aromatic rings. The molecule has 0 saturated carbocycles. The molecule has 1 aromatic heterocycles. The van der Waals surface area contributed by atoms with Gasteiger partial charge in [0.2, 0.25) is 0 Å². The molecule has 0 radical (unpaired) electrons. The van der Waals surface area contributed by atoms with E-state index in [1.165, 1.54) is 4.90 Å². The van der Waals surface area contributed by atoms with Crippen molar-refractivity contribution in [3.63, 3.8) is 0 Å². The molecular formula is C14H13NO2S. The Morgan fingerprint density at radius 2 is 2.17 bits per heavy atom. The fourth-order valence-electron chi connectivity index (χ4n) is 1.61. The summed E-state index contributed by atoms with van der Waals surface area (Å²) in [6.45, 7) is 2.03. The van der Waals surface area contributed by atoms with Crippen LogP contribution in [0.4, 0.5) is 0 Å². The highest BCUT2D eigenvalue weighted by Gasteiger charge is 2.05. The summed E-state index contributed by atoms with van der Waals surface area (Å²) in [4.78, 5) is 16.0. The molecule has 0 aliphatic carbocycles. The van der Waals surface area contributed by atoms with Gasteiger partial charge in [-0.3, -0.25) is 9.78 Å². The van der Waals surface area contributed by atoms with Crippen molar-refractivity contribution in [1.82, 2.24) is 4.98 Å². The Morgan fingerprint density at radius 1 is 1.33 bits per heavy atom. The second kappa shape index (κ2) is 5.69. The number of rotatable bonds is 4. The fourth-order valence-corrected chi connectivity index (χ4v) is 2.20. The first-order valence-electron chi connectivity index (χ1n) is 5.46. The van der Waals surface area contributed by atoms with E-state index in [9.17, 15) is 4.79 Å². The van der Waals surface area contributed by atoms with Gasteiger partial charge < -0.3 is 4.74 Å². The first-order chi connectivity index (χ1) is 8.74. The number of carbonyl (C=O) groups excluding carboxylic acids is 1. The average molecular weight is 259 g/mol. The minimum atomic E-state index is 0.476. The van der Waals surface area contributed by atoms with Gasteiger partial charge in [0.15, 0.2) is 12.0 Å². The number of carbonyl (C=O) groups is 1. The van der Waals surface area contributed by atoms with Crippen LogP contribution in [-0.4, -0.2) is 17.5 Å². The van der Waals surface area contributed by atoms with E-state index in [2.05, 4.69) is 4.98 Å². The van der Waals surface area contributed by atoms with Crippen molar-refractivity contribution >= 4 is 18.0 Å². The maximum atomic E-state index is 10.9. The maximum Gasteiger partial charge on any atom is 0.156 e. The number of aryl methyl sites for hydroxylation is 1. The zero-order valence-corrected chi connectivity index (χ0v) is 11.0. The molecule has 0 spiro atoms. The normalized spacial score (nSPS) is 10.1. The molecule has 0 aliphatic heterocycles. The van der Waals surface area contributed by atoms with Crippen LogP contribution < -0.4 is 4.74 Å². The molecule has 2 rings (SSSR count). The summed E-state index contributed by atoms with van der Waals surface area (Å²) in [5, 5.41) is 0. The SMILES string of the molecule is CSc1ccc(Oc2cnccc2C=O)cc1C. The lowest BCUT2D eigenvalue weighted by Gasteiger charge is -2.09. The summed E-state index contributed by atoms with van der Waals surface area (Å²) in [7, 11) is 0. The van der Waals surface area contributed by atoms with E-state index < -0.39 is 0 Å². The van der Waals surface area contributed by atoms with Crippen LogP contribution >= 0.6 is 11.8 Å². The van der Waals surface area contributed by atoms with E-state index in [1.54, 1.807) is 30.2 Å². The second-order valence-corrected chi connectivity index (χ2v) is 4.61. The van der Waals surface area contributed by atoms with Gasteiger partial charge in [0.05, 0.1) is 11.8 Å². The molecule has 0 fully saturated rings. The third kappa shape index (κ3) is 2.71. The number of ether oxygens (including phenoxy) is 1. The topological polar surface area (TPSA) is 39.2 Å². The Balaban J connectivity index is 2.28. The van der Waals surface area contributed by atoms with Crippen molar-refractivity contribution in [3.05, 3.63) is 47.8 Å². The molecule has 0 aliphatic rings. The predicted molar refractivity (Wildman–Crippen MR) is 72.7 cm³/mol. The minimum Gasteiger partial charge on any atom is -0.455 e. The van der Waals surface area contributed by atoms with E-state index >= 15 is 0 Å². The van der Waals surface area contributed by atoms with Crippen molar-refractivity contribution in [2.24, 2.45) is 0 Å². The van der Waals surface area contributed by atoms with E-state index in [1.807, 2.05) is 31.4 Å². The number of thioether (sulfide) groups is 1. The van der Waals surface area contributed by atoms with Gasteiger partial charge in [-0.05, 0) is 43.0 Å². The van der Waals surface area contributed by atoms with Crippen molar-refractivity contribution in [2.75, 3.05) is 6.26 Å². The molecule has 92 valence electrons. The van der Waals surface area contributed by atoms with Gasteiger partial charge in [-0.2, -0.15) is 0 Å². The summed E-state index contributed by atoms with van der Waals surface area (Å²) in [5.41, 5.74) is 1.65. The van der Waals surface area contributed by atoms with Crippen LogP contribution in [0.5, 0.6) is 11.5 Å². The Kier molecular flexibility index (Phi) is 3.99. The van der Waals surface area contributed by atoms with Crippen molar-refractivity contribution in [2.45, 2.75) is 11.8 Å². The van der Waals surface area contributed by atoms with Gasteiger partial charge in [-0.15, -0.1) is 11.8 Å². The van der Waals surface area contributed by atoms with Gasteiger partial charge in [-0.1, -0.05) is 0 Å². The summed E-state index contributed by atoms with van der Waals surface area (Å²) in [6.07, 6.45) is 5.91. The van der Waals surface area contributed by atoms with Gasteiger partial charge in [0.25, 0.3) is 0 Å². The molecule has 0 saturated heterocycles. The molecule has 1 aromatic carbocycles. The molecule has 0 amide bonds. The zero-order chi connectivity index (χ0) is 13.0. The summed E-state index contributed by atoms with van der Waals surface area (Å²) in [5.74, 6) is 1.19. The number of aromatic nitrogens is 1.